The van der Waals surface area contributed by atoms with Crippen molar-refractivity contribution in [3.05, 3.63) is 59.9 Å². The molecule has 0 N–H and O–H groups in total. The molecule has 0 spiro atoms. The fourth-order valence-corrected chi connectivity index (χ4v) is 4.02. The first-order valence-corrected chi connectivity index (χ1v) is 9.60. The molecule has 1 amide bonds. The molecular formula is C22H25N3O2. The predicted octanol–water partition coefficient (Wildman–Crippen LogP) is 4.08. The van der Waals surface area contributed by atoms with Gasteiger partial charge in [-0.15, -0.1) is 0 Å². The Balaban J connectivity index is 1.52. The number of para-hydroxylation sites is 2. The van der Waals surface area contributed by atoms with Gasteiger partial charge in [-0.25, -0.2) is 4.98 Å². The summed E-state index contributed by atoms with van der Waals surface area (Å²) in [7, 11) is 1.62. The Morgan fingerprint density at radius 1 is 1.15 bits per heavy atom. The van der Waals surface area contributed by atoms with Crippen molar-refractivity contribution in [3.8, 4) is 5.75 Å². The van der Waals surface area contributed by atoms with Gasteiger partial charge in [0.25, 0.3) is 5.91 Å². The summed E-state index contributed by atoms with van der Waals surface area (Å²) in [5.41, 5.74) is 2.95. The number of carbonyl (C=O) groups excluding carboxylic acids is 1. The Morgan fingerprint density at radius 2 is 1.93 bits per heavy atom. The second-order valence-corrected chi connectivity index (χ2v) is 7.00. The van der Waals surface area contributed by atoms with Crippen LogP contribution in [0.4, 0.5) is 0 Å². The highest BCUT2D eigenvalue weighted by molar-refractivity contribution is 5.94. The van der Waals surface area contributed by atoms with E-state index in [2.05, 4.69) is 29.7 Å². The number of amides is 1. The van der Waals surface area contributed by atoms with Gasteiger partial charge in [-0.3, -0.25) is 4.79 Å². The summed E-state index contributed by atoms with van der Waals surface area (Å²) in [6, 6.07) is 16.1. The van der Waals surface area contributed by atoms with E-state index in [-0.39, 0.29) is 5.91 Å². The fraction of sp³-hybridized carbons (Fsp3) is 0.364. The summed E-state index contributed by atoms with van der Waals surface area (Å²) in [4.78, 5) is 19.6. The van der Waals surface area contributed by atoms with Crippen LogP contribution in [0.3, 0.4) is 0 Å². The third-order valence-electron chi connectivity index (χ3n) is 5.42. The van der Waals surface area contributed by atoms with Gasteiger partial charge in [-0.1, -0.05) is 25.1 Å². The average molecular weight is 363 g/mol. The average Bonchev–Trinajstić information content (AvgIpc) is 3.12. The van der Waals surface area contributed by atoms with E-state index in [1.54, 1.807) is 7.11 Å². The fourth-order valence-electron chi connectivity index (χ4n) is 4.02. The van der Waals surface area contributed by atoms with Gasteiger partial charge in [-0.2, -0.15) is 0 Å². The standard InChI is InChI=1S/C22H25N3O2/c1-3-21-23-19-9-4-5-10-20(19)25(21)17-11-13-24(14-12-17)22(26)16-7-6-8-18(15-16)27-2/h4-10,15,17H,3,11-14H2,1-2H3. The van der Waals surface area contributed by atoms with Gasteiger partial charge >= 0.3 is 0 Å². The summed E-state index contributed by atoms with van der Waals surface area (Å²) in [5.74, 6) is 1.93. The number of piperidine rings is 1. The molecule has 0 unspecified atom stereocenters. The van der Waals surface area contributed by atoms with Crippen molar-refractivity contribution in [2.75, 3.05) is 20.2 Å². The molecule has 1 aromatic heterocycles. The molecule has 0 radical (unpaired) electrons. The first kappa shape index (κ1) is 17.6. The first-order valence-electron chi connectivity index (χ1n) is 9.60. The van der Waals surface area contributed by atoms with E-state index >= 15 is 0 Å². The molecular weight excluding hydrogens is 338 g/mol. The van der Waals surface area contributed by atoms with Gasteiger partial charge in [-0.05, 0) is 43.2 Å². The highest BCUT2D eigenvalue weighted by Crippen LogP contribution is 2.30. The summed E-state index contributed by atoms with van der Waals surface area (Å²) in [5, 5.41) is 0. The molecule has 0 saturated carbocycles. The Labute approximate surface area is 159 Å². The number of benzene rings is 2. The van der Waals surface area contributed by atoms with Crippen LogP contribution >= 0.6 is 0 Å². The minimum absolute atomic E-state index is 0.0820. The Bertz CT molecular complexity index is 955. The quantitative estimate of drug-likeness (QED) is 0.702. The van der Waals surface area contributed by atoms with Gasteiger partial charge in [0.15, 0.2) is 0 Å². The van der Waals surface area contributed by atoms with Crippen molar-refractivity contribution in [1.29, 1.82) is 0 Å². The summed E-state index contributed by atoms with van der Waals surface area (Å²) in [6.07, 6.45) is 2.81. The lowest BCUT2D eigenvalue weighted by atomic mass is 10.0. The molecule has 0 aliphatic carbocycles. The van der Waals surface area contributed by atoms with Crippen LogP contribution in [0, 0.1) is 0 Å². The molecule has 5 heteroatoms. The second kappa shape index (κ2) is 7.43. The highest BCUT2D eigenvalue weighted by atomic mass is 16.5. The maximum absolute atomic E-state index is 12.8. The van der Waals surface area contributed by atoms with Crippen molar-refractivity contribution in [1.82, 2.24) is 14.5 Å². The number of hydrogen-bond donors (Lipinski definition) is 0. The zero-order valence-corrected chi connectivity index (χ0v) is 15.9. The van der Waals surface area contributed by atoms with Crippen LogP contribution in [0.15, 0.2) is 48.5 Å². The number of ether oxygens (including phenoxy) is 1. The third-order valence-corrected chi connectivity index (χ3v) is 5.42. The van der Waals surface area contributed by atoms with Crippen LogP contribution in [0.2, 0.25) is 0 Å². The van der Waals surface area contributed by atoms with Crippen molar-refractivity contribution in [2.24, 2.45) is 0 Å². The van der Waals surface area contributed by atoms with Gasteiger partial charge in [0.05, 0.1) is 18.1 Å². The van der Waals surface area contributed by atoms with E-state index in [0.717, 1.165) is 43.7 Å². The van der Waals surface area contributed by atoms with Crippen LogP contribution in [-0.4, -0.2) is 40.6 Å². The number of imidazole rings is 1. The van der Waals surface area contributed by atoms with Crippen molar-refractivity contribution in [2.45, 2.75) is 32.2 Å². The molecule has 2 heterocycles. The first-order chi connectivity index (χ1) is 13.2. The Morgan fingerprint density at radius 3 is 2.67 bits per heavy atom. The number of methoxy groups -OCH3 is 1. The van der Waals surface area contributed by atoms with Gasteiger partial charge in [0.2, 0.25) is 0 Å². The molecule has 4 rings (SSSR count). The molecule has 27 heavy (non-hydrogen) atoms. The summed E-state index contributed by atoms with van der Waals surface area (Å²) >= 11 is 0. The molecule has 140 valence electrons. The largest absolute Gasteiger partial charge is 0.497 e. The molecule has 1 aliphatic heterocycles. The number of nitrogens with zero attached hydrogens (tertiary/aromatic N) is 3. The second-order valence-electron chi connectivity index (χ2n) is 7.00. The Kier molecular flexibility index (Phi) is 4.84. The molecule has 1 aliphatic rings. The number of rotatable bonds is 4. The minimum atomic E-state index is 0.0820. The summed E-state index contributed by atoms with van der Waals surface area (Å²) < 4.78 is 7.64. The normalized spacial score (nSPS) is 15.3. The maximum Gasteiger partial charge on any atom is 0.253 e. The number of likely N-dealkylation sites (tertiary alicyclic amines) is 1. The monoisotopic (exact) mass is 363 g/mol. The number of fused-ring (bicyclic) bond motifs is 1. The molecule has 1 fully saturated rings. The van der Waals surface area contributed by atoms with Gasteiger partial charge in [0.1, 0.15) is 11.6 Å². The molecule has 1 saturated heterocycles. The highest BCUT2D eigenvalue weighted by Gasteiger charge is 2.27. The van der Waals surface area contributed by atoms with Gasteiger partial charge in [0, 0.05) is 31.1 Å². The van der Waals surface area contributed by atoms with E-state index in [1.165, 1.54) is 5.52 Å². The van der Waals surface area contributed by atoms with E-state index < -0.39 is 0 Å². The van der Waals surface area contributed by atoms with Crippen molar-refractivity contribution >= 4 is 16.9 Å². The SMILES string of the molecule is CCc1nc2ccccc2n1C1CCN(C(=O)c2cccc(OC)c2)CC1. The topological polar surface area (TPSA) is 47.4 Å². The van der Waals surface area contributed by atoms with Crippen LogP contribution < -0.4 is 4.74 Å². The third kappa shape index (κ3) is 3.29. The summed E-state index contributed by atoms with van der Waals surface area (Å²) in [6.45, 7) is 3.67. The van der Waals surface area contributed by atoms with E-state index in [9.17, 15) is 4.79 Å². The molecule has 0 atom stereocenters. The number of carbonyl (C=O) groups is 1. The van der Waals surface area contributed by atoms with Crippen LogP contribution in [-0.2, 0) is 6.42 Å². The zero-order valence-electron chi connectivity index (χ0n) is 15.9. The minimum Gasteiger partial charge on any atom is -0.497 e. The van der Waals surface area contributed by atoms with E-state index in [4.69, 9.17) is 9.72 Å². The zero-order chi connectivity index (χ0) is 18.8. The maximum atomic E-state index is 12.8. The number of hydrogen-bond acceptors (Lipinski definition) is 3. The molecule has 0 bridgehead atoms. The van der Waals surface area contributed by atoms with Crippen molar-refractivity contribution in [3.63, 3.8) is 0 Å². The van der Waals surface area contributed by atoms with Gasteiger partial charge < -0.3 is 14.2 Å². The van der Waals surface area contributed by atoms with Crippen molar-refractivity contribution < 1.29 is 9.53 Å². The van der Waals surface area contributed by atoms with E-state index in [0.29, 0.717) is 17.4 Å². The van der Waals surface area contributed by atoms with Crippen LogP contribution in [0.5, 0.6) is 5.75 Å². The Hall–Kier alpha value is -2.82. The predicted molar refractivity (Wildman–Crippen MR) is 106 cm³/mol. The molecule has 3 aromatic rings. The van der Waals surface area contributed by atoms with E-state index in [1.807, 2.05) is 35.2 Å². The molecule has 5 nitrogen and oxygen atoms in total. The molecule has 2 aromatic carbocycles. The lowest BCUT2D eigenvalue weighted by molar-refractivity contribution is 0.0695. The van der Waals surface area contributed by atoms with Crippen LogP contribution in [0.1, 0.15) is 42.0 Å². The lowest BCUT2D eigenvalue weighted by Crippen LogP contribution is -2.39. The number of aromatic nitrogens is 2. The smallest absolute Gasteiger partial charge is 0.253 e. The van der Waals surface area contributed by atoms with Crippen LogP contribution in [0.25, 0.3) is 11.0 Å². The lowest BCUT2D eigenvalue weighted by Gasteiger charge is -2.33. The number of aryl methyl sites for hydroxylation is 1.